The van der Waals surface area contributed by atoms with Crippen LogP contribution in [0.3, 0.4) is 0 Å². The molecule has 5 nitrogen and oxygen atoms in total. The molecular weight excluding hydrogens is 393 g/mol. The second-order valence-electron chi connectivity index (χ2n) is 7.50. The highest BCUT2D eigenvalue weighted by Gasteiger charge is 2.30. The first-order valence-electron chi connectivity index (χ1n) is 9.68. The van der Waals surface area contributed by atoms with Crippen LogP contribution >= 0.6 is 11.6 Å². The molecule has 0 radical (unpaired) electrons. The zero-order valence-corrected chi connectivity index (χ0v) is 17.4. The summed E-state index contributed by atoms with van der Waals surface area (Å²) in [4.78, 5) is 26.8. The lowest BCUT2D eigenvalue weighted by Crippen LogP contribution is -2.37. The van der Waals surface area contributed by atoms with Crippen molar-refractivity contribution >= 4 is 34.8 Å². The highest BCUT2D eigenvalue weighted by atomic mass is 35.5. The van der Waals surface area contributed by atoms with E-state index in [1.165, 1.54) is 18.2 Å². The topological polar surface area (TPSA) is 61.4 Å². The van der Waals surface area contributed by atoms with Crippen molar-refractivity contribution < 1.29 is 14.0 Å². The van der Waals surface area contributed by atoms with Crippen molar-refractivity contribution in [3.05, 3.63) is 58.4 Å². The Morgan fingerprint density at radius 1 is 1.10 bits per heavy atom. The molecule has 0 saturated heterocycles. The molecule has 0 heterocycles. The van der Waals surface area contributed by atoms with E-state index in [4.69, 9.17) is 11.6 Å². The van der Waals surface area contributed by atoms with Gasteiger partial charge in [0.1, 0.15) is 5.82 Å². The Balaban J connectivity index is 1.52. The molecule has 1 saturated carbocycles. The average Bonchev–Trinajstić information content (AvgIpc) is 3.50. The largest absolute Gasteiger partial charge is 0.326 e. The lowest BCUT2D eigenvalue weighted by molar-refractivity contribution is -0.119. The number of hydrogen-bond acceptors (Lipinski definition) is 3. The van der Waals surface area contributed by atoms with E-state index in [1.807, 2.05) is 36.9 Å². The van der Waals surface area contributed by atoms with Gasteiger partial charge in [-0.2, -0.15) is 0 Å². The van der Waals surface area contributed by atoms with Crippen LogP contribution in [-0.2, 0) is 9.59 Å². The Morgan fingerprint density at radius 2 is 1.86 bits per heavy atom. The van der Waals surface area contributed by atoms with Gasteiger partial charge in [0.2, 0.25) is 11.8 Å². The second kappa shape index (κ2) is 9.37. The van der Waals surface area contributed by atoms with Crippen LogP contribution in [0.25, 0.3) is 0 Å². The van der Waals surface area contributed by atoms with Crippen LogP contribution < -0.4 is 10.6 Å². The number of hydrogen-bond donors (Lipinski definition) is 2. The summed E-state index contributed by atoms with van der Waals surface area (Å²) >= 11 is 5.74. The van der Waals surface area contributed by atoms with E-state index >= 15 is 0 Å². The molecule has 154 valence electrons. The van der Waals surface area contributed by atoms with Gasteiger partial charge in [-0.3, -0.25) is 14.5 Å². The van der Waals surface area contributed by atoms with Gasteiger partial charge in [0.15, 0.2) is 0 Å². The van der Waals surface area contributed by atoms with Gasteiger partial charge < -0.3 is 10.6 Å². The van der Waals surface area contributed by atoms with Gasteiger partial charge in [0.05, 0.1) is 11.6 Å². The molecule has 1 aliphatic rings. The third kappa shape index (κ3) is 6.27. The van der Waals surface area contributed by atoms with E-state index in [0.717, 1.165) is 29.7 Å². The first-order chi connectivity index (χ1) is 13.8. The Kier molecular flexibility index (Phi) is 6.87. The van der Waals surface area contributed by atoms with Crippen molar-refractivity contribution in [2.75, 3.05) is 23.7 Å². The Labute approximate surface area is 175 Å². The summed E-state index contributed by atoms with van der Waals surface area (Å²) < 4.78 is 13.2. The van der Waals surface area contributed by atoms with Crippen LogP contribution in [0.1, 0.15) is 30.4 Å². The quantitative estimate of drug-likeness (QED) is 0.663. The Bertz CT molecular complexity index is 915. The molecule has 3 rings (SSSR count). The standard InChI is InChI=1S/C22H25ClFN3O2/c1-14-3-4-15(2)20(11-14)26-22(29)13-27(17-6-7-17)10-9-21(28)25-16-5-8-19(24)18(23)12-16/h3-5,8,11-12,17H,6-7,9-10,13H2,1-2H3,(H,25,28)(H,26,29). The molecular formula is C22H25ClFN3O2. The fraction of sp³-hybridized carbons (Fsp3) is 0.364. The van der Waals surface area contributed by atoms with Crippen LogP contribution in [0.15, 0.2) is 36.4 Å². The number of carbonyl (C=O) groups is 2. The SMILES string of the molecule is Cc1ccc(C)c(NC(=O)CN(CCC(=O)Nc2ccc(F)c(Cl)c2)C2CC2)c1. The predicted molar refractivity (Wildman–Crippen MR) is 114 cm³/mol. The fourth-order valence-electron chi connectivity index (χ4n) is 3.12. The third-order valence-electron chi connectivity index (χ3n) is 4.91. The summed E-state index contributed by atoms with van der Waals surface area (Å²) in [5.41, 5.74) is 3.37. The van der Waals surface area contributed by atoms with Gasteiger partial charge >= 0.3 is 0 Å². The summed E-state index contributed by atoms with van der Waals surface area (Å²) in [6, 6.07) is 10.3. The molecule has 0 spiro atoms. The zero-order chi connectivity index (χ0) is 21.0. The minimum Gasteiger partial charge on any atom is -0.326 e. The van der Waals surface area contributed by atoms with Crippen LogP contribution in [0, 0.1) is 19.7 Å². The van der Waals surface area contributed by atoms with Crippen molar-refractivity contribution in [2.24, 2.45) is 0 Å². The number of nitrogens with zero attached hydrogens (tertiary/aromatic N) is 1. The first-order valence-corrected chi connectivity index (χ1v) is 10.1. The normalized spacial score (nSPS) is 13.4. The number of benzene rings is 2. The maximum absolute atomic E-state index is 13.2. The van der Waals surface area contributed by atoms with Gasteiger partial charge in [0, 0.05) is 30.4 Å². The number of nitrogens with one attached hydrogen (secondary N) is 2. The maximum atomic E-state index is 13.2. The van der Waals surface area contributed by atoms with E-state index in [0.29, 0.717) is 18.3 Å². The number of aryl methyl sites for hydroxylation is 2. The first kappa shape index (κ1) is 21.3. The van der Waals surface area contributed by atoms with Gasteiger partial charge in [-0.1, -0.05) is 23.7 Å². The average molecular weight is 418 g/mol. The zero-order valence-electron chi connectivity index (χ0n) is 16.6. The molecule has 0 aliphatic heterocycles. The van der Waals surface area contributed by atoms with Crippen molar-refractivity contribution in [2.45, 2.75) is 39.2 Å². The second-order valence-corrected chi connectivity index (χ2v) is 7.90. The molecule has 29 heavy (non-hydrogen) atoms. The maximum Gasteiger partial charge on any atom is 0.238 e. The van der Waals surface area contributed by atoms with Crippen LogP contribution in [0.2, 0.25) is 5.02 Å². The summed E-state index contributed by atoms with van der Waals surface area (Å²) in [5.74, 6) is -0.816. The summed E-state index contributed by atoms with van der Waals surface area (Å²) in [7, 11) is 0. The molecule has 2 N–H and O–H groups in total. The highest BCUT2D eigenvalue weighted by molar-refractivity contribution is 6.31. The van der Waals surface area contributed by atoms with Gasteiger partial charge in [-0.25, -0.2) is 4.39 Å². The van der Waals surface area contributed by atoms with Crippen molar-refractivity contribution in [3.8, 4) is 0 Å². The number of carbonyl (C=O) groups excluding carboxylic acids is 2. The molecule has 1 aliphatic carbocycles. The lowest BCUT2D eigenvalue weighted by Gasteiger charge is -2.21. The Hall–Kier alpha value is -2.44. The number of rotatable bonds is 8. The number of anilines is 2. The molecule has 0 bridgehead atoms. The summed E-state index contributed by atoms with van der Waals surface area (Å²) in [5, 5.41) is 5.65. The predicted octanol–water partition coefficient (Wildman–Crippen LogP) is 4.53. The summed E-state index contributed by atoms with van der Waals surface area (Å²) in [6.45, 7) is 4.66. The van der Waals surface area contributed by atoms with Crippen molar-refractivity contribution in [3.63, 3.8) is 0 Å². The van der Waals surface area contributed by atoms with Crippen LogP contribution in [0.4, 0.5) is 15.8 Å². The minimum absolute atomic E-state index is 0.0366. The molecule has 1 fully saturated rings. The molecule has 2 aromatic rings. The lowest BCUT2D eigenvalue weighted by atomic mass is 10.1. The van der Waals surface area contributed by atoms with Crippen LogP contribution in [0.5, 0.6) is 0 Å². The number of halogens is 2. The number of amides is 2. The summed E-state index contributed by atoms with van der Waals surface area (Å²) in [6.07, 6.45) is 2.31. The van der Waals surface area contributed by atoms with E-state index < -0.39 is 5.82 Å². The van der Waals surface area contributed by atoms with Crippen molar-refractivity contribution in [1.29, 1.82) is 0 Å². The third-order valence-corrected chi connectivity index (χ3v) is 5.20. The van der Waals surface area contributed by atoms with Crippen molar-refractivity contribution in [1.82, 2.24) is 4.90 Å². The Morgan fingerprint density at radius 3 is 2.55 bits per heavy atom. The monoisotopic (exact) mass is 417 g/mol. The van der Waals surface area contributed by atoms with Gasteiger partial charge in [-0.15, -0.1) is 0 Å². The highest BCUT2D eigenvalue weighted by Crippen LogP contribution is 2.27. The van der Waals surface area contributed by atoms with Gasteiger partial charge in [-0.05, 0) is 62.1 Å². The molecule has 0 aromatic heterocycles. The van der Waals surface area contributed by atoms with E-state index in [-0.39, 0.29) is 29.8 Å². The molecule has 0 atom stereocenters. The van der Waals surface area contributed by atoms with Gasteiger partial charge in [0.25, 0.3) is 0 Å². The molecule has 2 amide bonds. The minimum atomic E-state index is -0.528. The fourth-order valence-corrected chi connectivity index (χ4v) is 3.30. The molecule has 7 heteroatoms. The van der Waals surface area contributed by atoms with Crippen LogP contribution in [-0.4, -0.2) is 35.8 Å². The van der Waals surface area contributed by atoms with E-state index in [9.17, 15) is 14.0 Å². The molecule has 2 aromatic carbocycles. The van der Waals surface area contributed by atoms with E-state index in [1.54, 1.807) is 0 Å². The van der Waals surface area contributed by atoms with E-state index in [2.05, 4.69) is 10.6 Å². The molecule has 0 unspecified atom stereocenters. The smallest absolute Gasteiger partial charge is 0.238 e.